The zero-order valence-electron chi connectivity index (χ0n) is 12.8. The minimum atomic E-state index is -1.23. The molecule has 0 aromatic carbocycles. The molecule has 100 valence electrons. The van der Waals surface area contributed by atoms with E-state index in [1.165, 1.54) is 0 Å². The van der Waals surface area contributed by atoms with Crippen molar-refractivity contribution in [1.82, 2.24) is 4.90 Å². The molecule has 0 bridgehead atoms. The van der Waals surface area contributed by atoms with Gasteiger partial charge in [0.1, 0.15) is 0 Å². The Balaban J connectivity index is 4.93. The highest BCUT2D eigenvalue weighted by molar-refractivity contribution is 6.77. The monoisotopic (exact) mass is 271 g/mol. The van der Waals surface area contributed by atoms with Crippen LogP contribution in [0, 0.1) is 0 Å². The molecule has 0 radical (unpaired) electrons. The van der Waals surface area contributed by atoms with Crippen molar-refractivity contribution in [3.8, 4) is 0 Å². The zero-order valence-corrected chi connectivity index (χ0v) is 14.8. The second kappa shape index (κ2) is 6.00. The first-order valence-electron chi connectivity index (χ1n) is 6.33. The van der Waals surface area contributed by atoms with Gasteiger partial charge < -0.3 is 4.90 Å². The molecule has 0 saturated carbocycles. The van der Waals surface area contributed by atoms with Gasteiger partial charge in [0.05, 0.1) is 0 Å². The molecular weight excluding hydrogens is 242 g/mol. The van der Waals surface area contributed by atoms with Gasteiger partial charge in [-0.25, -0.2) is 0 Å². The molecule has 0 fully saturated rings. The van der Waals surface area contributed by atoms with Gasteiger partial charge in [0, 0.05) is 35.8 Å². The number of amides is 1. The number of hydrogen-bond donors (Lipinski definition) is 0. The Kier molecular flexibility index (Phi) is 5.88. The smallest absolute Gasteiger partial charge is 0.248 e. The second-order valence-corrected chi connectivity index (χ2v) is 18.4. The number of likely N-dealkylation sites (N-methyl/N-ethyl adjacent to an activating group) is 1. The number of rotatable bonds is 5. The van der Waals surface area contributed by atoms with Gasteiger partial charge in [-0.15, -0.1) is 0 Å². The van der Waals surface area contributed by atoms with Crippen LogP contribution in [0.25, 0.3) is 0 Å². The average molecular weight is 272 g/mol. The largest absolute Gasteiger partial charge is 0.345 e. The summed E-state index contributed by atoms with van der Waals surface area (Å²) in [5.74, 6) is 0.200. The van der Waals surface area contributed by atoms with Crippen LogP contribution in [0.1, 0.15) is 0 Å². The van der Waals surface area contributed by atoms with Crippen LogP contribution in [0.4, 0.5) is 0 Å². The van der Waals surface area contributed by atoms with E-state index in [0.717, 1.165) is 17.7 Å². The summed E-state index contributed by atoms with van der Waals surface area (Å²) in [4.78, 5) is 13.8. The van der Waals surface area contributed by atoms with E-state index in [0.29, 0.717) is 0 Å². The van der Waals surface area contributed by atoms with Crippen LogP contribution in [0.15, 0.2) is 11.6 Å². The van der Waals surface area contributed by atoms with Crippen LogP contribution in [-0.4, -0.2) is 41.1 Å². The topological polar surface area (TPSA) is 20.3 Å². The standard InChI is InChI=1S/C13H29NOSi2/c1-14(2)13(15)12(11-17(6,7)8)9-10-16(3,4)5/h9H,10-11H2,1-8H3/b12-9+. The normalized spacial score (nSPS) is 13.8. The molecule has 0 spiro atoms. The molecule has 2 nitrogen and oxygen atoms in total. The van der Waals surface area contributed by atoms with E-state index in [-0.39, 0.29) is 5.91 Å². The first-order chi connectivity index (χ1) is 7.42. The zero-order chi connectivity index (χ0) is 13.9. The quantitative estimate of drug-likeness (QED) is 0.552. The highest BCUT2D eigenvalue weighted by Gasteiger charge is 2.22. The average Bonchev–Trinajstić information content (AvgIpc) is 2.07. The fourth-order valence-corrected chi connectivity index (χ4v) is 3.82. The summed E-state index contributed by atoms with van der Waals surface area (Å²) in [6, 6.07) is 2.10. The molecule has 0 aliphatic heterocycles. The van der Waals surface area contributed by atoms with Gasteiger partial charge >= 0.3 is 0 Å². The SMILES string of the molecule is CN(C)C(=O)/C(=C/C[Si](C)(C)C)C[Si](C)(C)C. The van der Waals surface area contributed by atoms with Crippen LogP contribution >= 0.6 is 0 Å². The van der Waals surface area contributed by atoms with Crippen molar-refractivity contribution >= 4 is 22.1 Å². The lowest BCUT2D eigenvalue weighted by molar-refractivity contribution is -0.124. The van der Waals surface area contributed by atoms with E-state index in [1.807, 2.05) is 14.1 Å². The van der Waals surface area contributed by atoms with Gasteiger partial charge in [-0.2, -0.15) is 0 Å². The minimum Gasteiger partial charge on any atom is -0.345 e. The summed E-state index contributed by atoms with van der Waals surface area (Å²) < 4.78 is 0. The summed E-state index contributed by atoms with van der Waals surface area (Å²) in [6.45, 7) is 14.0. The fraction of sp³-hybridized carbons (Fsp3) is 0.769. The van der Waals surface area contributed by atoms with E-state index >= 15 is 0 Å². The van der Waals surface area contributed by atoms with Crippen molar-refractivity contribution in [3.63, 3.8) is 0 Å². The lowest BCUT2D eigenvalue weighted by Gasteiger charge is -2.22. The van der Waals surface area contributed by atoms with E-state index < -0.39 is 16.1 Å². The molecule has 0 aliphatic carbocycles. The summed E-state index contributed by atoms with van der Waals surface area (Å²) in [7, 11) is 1.35. The van der Waals surface area contributed by atoms with Gasteiger partial charge in [-0.1, -0.05) is 45.4 Å². The third-order valence-corrected chi connectivity index (χ3v) is 5.23. The maximum atomic E-state index is 12.1. The van der Waals surface area contributed by atoms with Gasteiger partial charge in [0.15, 0.2) is 0 Å². The lowest BCUT2D eigenvalue weighted by atomic mass is 10.2. The second-order valence-electron chi connectivity index (χ2n) is 7.43. The van der Waals surface area contributed by atoms with Gasteiger partial charge in [-0.3, -0.25) is 4.79 Å². The number of nitrogens with zero attached hydrogens (tertiary/aromatic N) is 1. The first kappa shape index (κ1) is 16.6. The molecule has 0 rings (SSSR count). The Hall–Kier alpha value is -0.356. The minimum absolute atomic E-state index is 0.200. The highest BCUT2D eigenvalue weighted by Crippen LogP contribution is 2.20. The number of hydrogen-bond acceptors (Lipinski definition) is 1. The van der Waals surface area contributed by atoms with Crippen molar-refractivity contribution in [2.45, 2.75) is 51.4 Å². The molecule has 0 aliphatic rings. The molecule has 0 heterocycles. The van der Waals surface area contributed by atoms with E-state index in [9.17, 15) is 4.79 Å². The van der Waals surface area contributed by atoms with Crippen molar-refractivity contribution in [2.75, 3.05) is 14.1 Å². The molecule has 1 amide bonds. The van der Waals surface area contributed by atoms with Gasteiger partial charge in [0.2, 0.25) is 5.91 Å². The lowest BCUT2D eigenvalue weighted by Crippen LogP contribution is -2.29. The van der Waals surface area contributed by atoms with E-state index in [2.05, 4.69) is 45.4 Å². The highest BCUT2D eigenvalue weighted by atomic mass is 28.3. The number of allylic oxidation sites excluding steroid dienone is 1. The molecule has 0 aromatic rings. The number of carbonyl (C=O) groups excluding carboxylic acids is 1. The molecule has 0 atom stereocenters. The Labute approximate surface area is 109 Å². The third kappa shape index (κ3) is 8.38. The molecule has 17 heavy (non-hydrogen) atoms. The summed E-state index contributed by atoms with van der Waals surface area (Å²) in [5.41, 5.74) is 1.04. The Morgan fingerprint density at radius 1 is 1.00 bits per heavy atom. The van der Waals surface area contributed by atoms with E-state index in [4.69, 9.17) is 0 Å². The van der Waals surface area contributed by atoms with Crippen LogP contribution < -0.4 is 0 Å². The predicted octanol–water partition coefficient (Wildman–Crippen LogP) is 3.68. The summed E-state index contributed by atoms with van der Waals surface area (Å²) in [5, 5.41) is 0. The molecule has 0 aromatic heterocycles. The Morgan fingerprint density at radius 2 is 1.47 bits per heavy atom. The first-order valence-corrected chi connectivity index (χ1v) is 13.7. The van der Waals surface area contributed by atoms with E-state index in [1.54, 1.807) is 4.90 Å². The molecule has 0 unspecified atom stereocenters. The summed E-state index contributed by atoms with van der Waals surface area (Å²) >= 11 is 0. The molecule has 0 N–H and O–H groups in total. The Morgan fingerprint density at radius 3 is 1.76 bits per heavy atom. The van der Waals surface area contributed by atoms with Gasteiger partial charge in [-0.05, 0) is 12.1 Å². The molecule has 4 heteroatoms. The van der Waals surface area contributed by atoms with Crippen molar-refractivity contribution in [1.29, 1.82) is 0 Å². The summed E-state index contributed by atoms with van der Waals surface area (Å²) in [6.07, 6.45) is 2.22. The molecule has 0 saturated heterocycles. The van der Waals surface area contributed by atoms with Crippen molar-refractivity contribution < 1.29 is 4.79 Å². The fourth-order valence-electron chi connectivity index (χ4n) is 1.52. The maximum absolute atomic E-state index is 12.1. The van der Waals surface area contributed by atoms with Crippen LogP contribution in [-0.2, 0) is 4.79 Å². The van der Waals surface area contributed by atoms with Crippen molar-refractivity contribution in [2.24, 2.45) is 0 Å². The van der Waals surface area contributed by atoms with Crippen LogP contribution in [0.2, 0.25) is 51.4 Å². The van der Waals surface area contributed by atoms with Crippen molar-refractivity contribution in [3.05, 3.63) is 11.6 Å². The van der Waals surface area contributed by atoms with Crippen LogP contribution in [0.3, 0.4) is 0 Å². The third-order valence-electron chi connectivity index (χ3n) is 2.36. The maximum Gasteiger partial charge on any atom is 0.248 e. The van der Waals surface area contributed by atoms with Gasteiger partial charge in [0.25, 0.3) is 0 Å². The Bertz CT molecular complexity index is 296. The predicted molar refractivity (Wildman–Crippen MR) is 83.1 cm³/mol. The molecular formula is C13H29NOSi2. The van der Waals surface area contributed by atoms with Crippen LogP contribution in [0.5, 0.6) is 0 Å². The number of carbonyl (C=O) groups is 1.